The molecule has 0 atom stereocenters. The van der Waals surface area contributed by atoms with E-state index in [1.807, 2.05) is 54.3 Å². The molecule has 1 aliphatic heterocycles. The summed E-state index contributed by atoms with van der Waals surface area (Å²) in [4.78, 5) is 16.2. The average molecular weight is 325 g/mol. The van der Waals surface area contributed by atoms with Crippen molar-refractivity contribution in [2.75, 3.05) is 31.1 Å². The lowest BCUT2D eigenvalue weighted by Gasteiger charge is -2.36. The van der Waals surface area contributed by atoms with Gasteiger partial charge in [0.1, 0.15) is 5.75 Å². The van der Waals surface area contributed by atoms with Gasteiger partial charge in [-0.15, -0.1) is 0 Å². The molecule has 3 rings (SSSR count). The van der Waals surface area contributed by atoms with E-state index in [-0.39, 0.29) is 11.8 Å². The third-order valence-electron chi connectivity index (χ3n) is 4.35. The van der Waals surface area contributed by atoms with Crippen molar-refractivity contribution >= 4 is 11.7 Å². The Balaban J connectivity index is 1.50. The number of hydrogen-bond donors (Lipinski definition) is 2. The average Bonchev–Trinajstić information content (AvgIpc) is 2.61. The number of anilines is 1. The van der Waals surface area contributed by atoms with Crippen molar-refractivity contribution in [1.29, 1.82) is 0 Å². The molecule has 24 heavy (non-hydrogen) atoms. The van der Waals surface area contributed by atoms with Crippen molar-refractivity contribution in [3.05, 3.63) is 59.7 Å². The van der Waals surface area contributed by atoms with E-state index < -0.39 is 0 Å². The molecule has 5 heteroatoms. The molecule has 2 amide bonds. The highest BCUT2D eigenvalue weighted by Gasteiger charge is 2.22. The monoisotopic (exact) mass is 325 g/mol. The molecular weight excluding hydrogens is 302 g/mol. The van der Waals surface area contributed by atoms with E-state index in [1.165, 1.54) is 5.56 Å². The Hall–Kier alpha value is -2.69. The zero-order valence-corrected chi connectivity index (χ0v) is 13.9. The minimum Gasteiger partial charge on any atom is -0.506 e. The van der Waals surface area contributed by atoms with Crippen LogP contribution in [0.1, 0.15) is 11.1 Å². The van der Waals surface area contributed by atoms with Crippen LogP contribution in [0.4, 0.5) is 10.5 Å². The number of nitrogens with one attached hydrogen (secondary N) is 1. The van der Waals surface area contributed by atoms with E-state index in [9.17, 15) is 9.90 Å². The Bertz CT molecular complexity index is 692. The number of phenolic OH excluding ortho intramolecular Hbond substituents is 1. The number of nitrogens with zero attached hydrogens (tertiary/aromatic N) is 2. The third-order valence-corrected chi connectivity index (χ3v) is 4.35. The van der Waals surface area contributed by atoms with Gasteiger partial charge in [0.2, 0.25) is 0 Å². The summed E-state index contributed by atoms with van der Waals surface area (Å²) in [6.45, 7) is 5.32. The van der Waals surface area contributed by atoms with Crippen LogP contribution in [0.5, 0.6) is 5.75 Å². The number of carbonyl (C=O) groups is 1. The SMILES string of the molecule is Cc1ccc(CNC(=O)N2CCN(c3ccccc3O)CC2)cc1. The molecule has 0 radical (unpaired) electrons. The highest BCUT2D eigenvalue weighted by molar-refractivity contribution is 5.74. The first-order chi connectivity index (χ1) is 11.6. The highest BCUT2D eigenvalue weighted by atomic mass is 16.3. The molecule has 5 nitrogen and oxygen atoms in total. The van der Waals surface area contributed by atoms with Gasteiger partial charge in [0.15, 0.2) is 0 Å². The molecule has 1 heterocycles. The van der Waals surface area contributed by atoms with Crippen molar-refractivity contribution in [3.63, 3.8) is 0 Å². The van der Waals surface area contributed by atoms with E-state index in [1.54, 1.807) is 6.07 Å². The fraction of sp³-hybridized carbons (Fsp3) is 0.316. The number of para-hydroxylation sites is 2. The maximum absolute atomic E-state index is 12.3. The topological polar surface area (TPSA) is 55.8 Å². The summed E-state index contributed by atoms with van der Waals surface area (Å²) >= 11 is 0. The zero-order valence-electron chi connectivity index (χ0n) is 13.9. The summed E-state index contributed by atoms with van der Waals surface area (Å²) in [7, 11) is 0. The molecule has 0 saturated carbocycles. The first-order valence-electron chi connectivity index (χ1n) is 8.25. The van der Waals surface area contributed by atoms with E-state index in [2.05, 4.69) is 10.2 Å². The number of carbonyl (C=O) groups excluding carboxylic acids is 1. The molecule has 2 N–H and O–H groups in total. The van der Waals surface area contributed by atoms with Crippen molar-refractivity contribution < 1.29 is 9.90 Å². The number of amides is 2. The van der Waals surface area contributed by atoms with Crippen molar-refractivity contribution in [2.45, 2.75) is 13.5 Å². The van der Waals surface area contributed by atoms with Gasteiger partial charge in [-0.05, 0) is 24.6 Å². The Morgan fingerprint density at radius 1 is 1.04 bits per heavy atom. The molecule has 2 aromatic carbocycles. The van der Waals surface area contributed by atoms with Gasteiger partial charge in [0.25, 0.3) is 0 Å². The van der Waals surface area contributed by atoms with Gasteiger partial charge in [0, 0.05) is 32.7 Å². The minimum absolute atomic E-state index is 0.0347. The third kappa shape index (κ3) is 3.79. The first-order valence-corrected chi connectivity index (χ1v) is 8.25. The lowest BCUT2D eigenvalue weighted by atomic mass is 10.1. The van der Waals surface area contributed by atoms with Crippen molar-refractivity contribution in [1.82, 2.24) is 10.2 Å². The van der Waals surface area contributed by atoms with Crippen molar-refractivity contribution in [2.24, 2.45) is 0 Å². The van der Waals surface area contributed by atoms with Crippen LogP contribution in [-0.4, -0.2) is 42.2 Å². The van der Waals surface area contributed by atoms with Gasteiger partial charge in [-0.3, -0.25) is 0 Å². The molecule has 0 aliphatic carbocycles. The minimum atomic E-state index is -0.0347. The molecular formula is C19H23N3O2. The number of urea groups is 1. The lowest BCUT2D eigenvalue weighted by Crippen LogP contribution is -2.51. The first kappa shape index (κ1) is 16.2. The predicted octanol–water partition coefficient (Wildman–Crippen LogP) is 2.73. The van der Waals surface area contributed by atoms with E-state index in [0.717, 1.165) is 24.3 Å². The largest absolute Gasteiger partial charge is 0.506 e. The summed E-state index contributed by atoms with van der Waals surface area (Å²) < 4.78 is 0. The van der Waals surface area contributed by atoms with Gasteiger partial charge in [-0.2, -0.15) is 0 Å². The summed E-state index contributed by atoms with van der Waals surface area (Å²) in [5.74, 6) is 0.287. The highest BCUT2D eigenvalue weighted by Crippen LogP contribution is 2.27. The van der Waals surface area contributed by atoms with Crippen LogP contribution in [-0.2, 0) is 6.54 Å². The second-order valence-corrected chi connectivity index (χ2v) is 6.11. The van der Waals surface area contributed by atoms with Crippen LogP contribution in [0.3, 0.4) is 0 Å². The van der Waals surface area contributed by atoms with Crippen LogP contribution in [0.2, 0.25) is 0 Å². The number of piperazine rings is 1. The quantitative estimate of drug-likeness (QED) is 0.912. The van der Waals surface area contributed by atoms with Gasteiger partial charge in [-0.1, -0.05) is 42.0 Å². The van der Waals surface area contributed by atoms with Crippen molar-refractivity contribution in [3.8, 4) is 5.75 Å². The smallest absolute Gasteiger partial charge is 0.317 e. The van der Waals surface area contributed by atoms with Crippen LogP contribution in [0.15, 0.2) is 48.5 Å². The van der Waals surface area contributed by atoms with E-state index in [0.29, 0.717) is 19.6 Å². The number of phenols is 1. The van der Waals surface area contributed by atoms with Gasteiger partial charge >= 0.3 is 6.03 Å². The Kier molecular flexibility index (Phi) is 4.89. The van der Waals surface area contributed by atoms with Gasteiger partial charge < -0.3 is 20.2 Å². The molecule has 1 saturated heterocycles. The normalized spacial score (nSPS) is 14.5. The van der Waals surface area contributed by atoms with Crippen LogP contribution in [0, 0.1) is 6.92 Å². The molecule has 126 valence electrons. The molecule has 0 unspecified atom stereocenters. The number of rotatable bonds is 3. The van der Waals surface area contributed by atoms with Crippen LogP contribution >= 0.6 is 0 Å². The Morgan fingerprint density at radius 2 is 1.71 bits per heavy atom. The maximum atomic E-state index is 12.3. The van der Waals surface area contributed by atoms with Gasteiger partial charge in [0.05, 0.1) is 5.69 Å². The molecule has 1 fully saturated rings. The fourth-order valence-electron chi connectivity index (χ4n) is 2.88. The molecule has 0 bridgehead atoms. The molecule has 1 aliphatic rings. The number of hydrogen-bond acceptors (Lipinski definition) is 3. The zero-order chi connectivity index (χ0) is 16.9. The Morgan fingerprint density at radius 3 is 2.38 bits per heavy atom. The summed E-state index contributed by atoms with van der Waals surface area (Å²) in [5.41, 5.74) is 3.14. The summed E-state index contributed by atoms with van der Waals surface area (Å²) in [6.07, 6.45) is 0. The van der Waals surface area contributed by atoms with Crippen LogP contribution < -0.4 is 10.2 Å². The second-order valence-electron chi connectivity index (χ2n) is 6.11. The lowest BCUT2D eigenvalue weighted by molar-refractivity contribution is 0.194. The number of benzene rings is 2. The maximum Gasteiger partial charge on any atom is 0.317 e. The second kappa shape index (κ2) is 7.25. The van der Waals surface area contributed by atoms with E-state index >= 15 is 0 Å². The summed E-state index contributed by atoms with van der Waals surface area (Å²) in [6, 6.07) is 15.4. The van der Waals surface area contributed by atoms with E-state index in [4.69, 9.17) is 0 Å². The Labute approximate surface area is 142 Å². The van der Waals surface area contributed by atoms with Crippen LogP contribution in [0.25, 0.3) is 0 Å². The standard InChI is InChI=1S/C19H23N3O2/c1-15-6-8-16(9-7-15)14-20-19(24)22-12-10-21(11-13-22)17-4-2-3-5-18(17)23/h2-9,23H,10-14H2,1H3,(H,20,24). The molecule has 0 aromatic heterocycles. The number of aromatic hydroxyl groups is 1. The molecule has 0 spiro atoms. The predicted molar refractivity (Wildman–Crippen MR) is 95.3 cm³/mol. The number of aryl methyl sites for hydroxylation is 1. The fourth-order valence-corrected chi connectivity index (χ4v) is 2.88. The summed E-state index contributed by atoms with van der Waals surface area (Å²) in [5, 5.41) is 12.9. The molecule has 2 aromatic rings. The van der Waals surface area contributed by atoms with Gasteiger partial charge in [-0.25, -0.2) is 4.79 Å².